The van der Waals surface area contributed by atoms with E-state index in [1.54, 1.807) is 30.3 Å². The zero-order chi connectivity index (χ0) is 18.4. The van der Waals surface area contributed by atoms with Crippen LogP contribution in [-0.4, -0.2) is 11.8 Å². The molecule has 2 aromatic carbocycles. The summed E-state index contributed by atoms with van der Waals surface area (Å²) in [5, 5.41) is 13.3. The molecule has 0 fully saturated rings. The number of benzene rings is 2. The summed E-state index contributed by atoms with van der Waals surface area (Å²) in [4.78, 5) is 23.1. The summed E-state index contributed by atoms with van der Waals surface area (Å²) in [5.74, 6) is -5.96. The van der Waals surface area contributed by atoms with Crippen molar-refractivity contribution in [1.82, 2.24) is 5.32 Å². The number of nitriles is 1. The number of hydrogen-bond acceptors (Lipinski definition) is 3. The van der Waals surface area contributed by atoms with Gasteiger partial charge in [0.1, 0.15) is 6.42 Å². The average molecular weight is 347 g/mol. The van der Waals surface area contributed by atoms with Crippen LogP contribution in [0.5, 0.6) is 0 Å². The number of hydrogen-bond donors (Lipinski definition) is 2. The largest absolute Gasteiger partial charge is 0.348 e. The maximum atomic E-state index is 13.5. The van der Waals surface area contributed by atoms with Crippen molar-refractivity contribution in [3.8, 4) is 6.07 Å². The van der Waals surface area contributed by atoms with Gasteiger partial charge in [-0.05, 0) is 29.8 Å². The van der Waals surface area contributed by atoms with Crippen molar-refractivity contribution in [2.75, 3.05) is 5.32 Å². The second-order valence-electron chi connectivity index (χ2n) is 4.99. The molecule has 0 heterocycles. The summed E-state index contributed by atoms with van der Waals surface area (Å²) in [6, 6.07) is 9.58. The Labute approximate surface area is 141 Å². The highest BCUT2D eigenvalue weighted by atomic mass is 19.2. The van der Waals surface area contributed by atoms with Crippen LogP contribution in [0.2, 0.25) is 0 Å². The van der Waals surface area contributed by atoms with Gasteiger partial charge in [0.05, 0.1) is 11.6 Å². The minimum atomic E-state index is -1.70. The molecule has 0 aliphatic heterocycles. The van der Waals surface area contributed by atoms with Gasteiger partial charge >= 0.3 is 0 Å². The number of anilines is 1. The quantitative estimate of drug-likeness (QED) is 0.816. The van der Waals surface area contributed by atoms with Gasteiger partial charge in [0.2, 0.25) is 5.91 Å². The Hall–Kier alpha value is -3.34. The number of carbonyl (C=O) groups is 2. The van der Waals surface area contributed by atoms with E-state index in [1.807, 2.05) is 0 Å². The molecule has 0 radical (unpaired) electrons. The third-order valence-electron chi connectivity index (χ3n) is 3.21. The van der Waals surface area contributed by atoms with Crippen LogP contribution in [0.1, 0.15) is 22.3 Å². The fourth-order valence-corrected chi connectivity index (χ4v) is 1.96. The van der Waals surface area contributed by atoms with Crippen molar-refractivity contribution in [3.05, 3.63) is 65.0 Å². The summed E-state index contributed by atoms with van der Waals surface area (Å²) in [6.07, 6.45) is -0.266. The molecular weight excluding hydrogens is 335 g/mol. The first kappa shape index (κ1) is 18.0. The molecule has 0 saturated carbocycles. The molecule has 2 N–H and O–H groups in total. The molecule has 0 spiro atoms. The Morgan fingerprint density at radius 1 is 1.00 bits per heavy atom. The normalized spacial score (nSPS) is 10.0. The van der Waals surface area contributed by atoms with Gasteiger partial charge in [0.15, 0.2) is 17.5 Å². The van der Waals surface area contributed by atoms with Gasteiger partial charge < -0.3 is 10.6 Å². The van der Waals surface area contributed by atoms with Crippen molar-refractivity contribution in [2.45, 2.75) is 13.0 Å². The van der Waals surface area contributed by atoms with Gasteiger partial charge in [0.25, 0.3) is 5.91 Å². The molecule has 2 amide bonds. The highest BCUT2D eigenvalue weighted by Gasteiger charge is 2.18. The van der Waals surface area contributed by atoms with E-state index in [0.717, 1.165) is 6.07 Å². The monoisotopic (exact) mass is 347 g/mol. The Kier molecular flexibility index (Phi) is 5.74. The molecule has 0 bridgehead atoms. The lowest BCUT2D eigenvalue weighted by Crippen LogP contribution is -2.24. The lowest BCUT2D eigenvalue weighted by molar-refractivity contribution is -0.115. The Morgan fingerprint density at radius 3 is 2.32 bits per heavy atom. The lowest BCUT2D eigenvalue weighted by Gasteiger charge is -2.08. The van der Waals surface area contributed by atoms with Crippen LogP contribution in [0.15, 0.2) is 36.4 Å². The Bertz CT molecular complexity index is 845. The summed E-state index contributed by atoms with van der Waals surface area (Å²) in [6.45, 7) is 0.0176. The molecule has 8 heteroatoms. The van der Waals surface area contributed by atoms with Crippen molar-refractivity contribution in [1.29, 1.82) is 5.26 Å². The number of rotatable bonds is 5. The van der Waals surface area contributed by atoms with E-state index in [1.165, 1.54) is 0 Å². The van der Waals surface area contributed by atoms with Crippen LogP contribution in [0.3, 0.4) is 0 Å². The van der Waals surface area contributed by atoms with E-state index in [2.05, 4.69) is 10.6 Å². The molecular formula is C17H12F3N3O2. The second-order valence-corrected chi connectivity index (χ2v) is 4.99. The van der Waals surface area contributed by atoms with Crippen LogP contribution < -0.4 is 10.6 Å². The van der Waals surface area contributed by atoms with E-state index in [-0.39, 0.29) is 13.0 Å². The van der Waals surface area contributed by atoms with Crippen molar-refractivity contribution >= 4 is 17.5 Å². The second kappa shape index (κ2) is 7.97. The van der Waals surface area contributed by atoms with Gasteiger partial charge in [-0.15, -0.1) is 0 Å². The maximum absolute atomic E-state index is 13.5. The van der Waals surface area contributed by atoms with Crippen molar-refractivity contribution in [2.24, 2.45) is 0 Å². The minimum absolute atomic E-state index is 0.0176. The van der Waals surface area contributed by atoms with Gasteiger partial charge in [-0.25, -0.2) is 13.2 Å². The summed E-state index contributed by atoms with van der Waals surface area (Å²) in [5.41, 5.74) is 0.510. The Balaban J connectivity index is 1.97. The molecule has 2 aromatic rings. The van der Waals surface area contributed by atoms with E-state index < -0.39 is 34.8 Å². The predicted molar refractivity (Wildman–Crippen MR) is 82.8 cm³/mol. The topological polar surface area (TPSA) is 82.0 Å². The molecule has 5 nitrogen and oxygen atoms in total. The van der Waals surface area contributed by atoms with Crippen LogP contribution in [0.4, 0.5) is 18.9 Å². The van der Waals surface area contributed by atoms with Crippen molar-refractivity contribution < 1.29 is 22.8 Å². The van der Waals surface area contributed by atoms with Crippen molar-refractivity contribution in [3.63, 3.8) is 0 Å². The number of carbonyl (C=O) groups excluding carboxylic acids is 2. The third-order valence-corrected chi connectivity index (χ3v) is 3.21. The van der Waals surface area contributed by atoms with Crippen LogP contribution in [-0.2, 0) is 11.3 Å². The highest BCUT2D eigenvalue weighted by molar-refractivity contribution is 5.94. The number of halogens is 3. The SMILES string of the molecule is N#CCC(=O)Nc1ccc(CNC(=O)c2ccc(F)c(F)c2F)cc1. The van der Waals surface area contributed by atoms with Crippen LogP contribution in [0.25, 0.3) is 0 Å². The van der Waals surface area contributed by atoms with E-state index in [0.29, 0.717) is 17.3 Å². The summed E-state index contributed by atoms with van der Waals surface area (Å²) < 4.78 is 39.5. The fourth-order valence-electron chi connectivity index (χ4n) is 1.96. The minimum Gasteiger partial charge on any atom is -0.348 e. The number of nitrogens with one attached hydrogen (secondary N) is 2. The van der Waals surface area contributed by atoms with Crippen LogP contribution in [0, 0.1) is 28.8 Å². The lowest BCUT2D eigenvalue weighted by atomic mass is 10.1. The average Bonchev–Trinajstić information content (AvgIpc) is 2.59. The molecule has 0 aromatic heterocycles. The fraction of sp³-hybridized carbons (Fsp3) is 0.118. The van der Waals surface area contributed by atoms with E-state index in [4.69, 9.17) is 5.26 Å². The highest BCUT2D eigenvalue weighted by Crippen LogP contribution is 2.15. The Morgan fingerprint density at radius 2 is 1.68 bits per heavy atom. The molecule has 0 aliphatic rings. The first-order valence-electron chi connectivity index (χ1n) is 7.10. The zero-order valence-electron chi connectivity index (χ0n) is 12.8. The summed E-state index contributed by atoms with van der Waals surface area (Å²) in [7, 11) is 0. The standard InChI is InChI=1S/C17H12F3N3O2/c18-13-6-5-12(15(19)16(13)20)17(25)22-9-10-1-3-11(4-2-10)23-14(24)7-8-21/h1-6H,7,9H2,(H,22,25)(H,23,24). The molecule has 0 saturated heterocycles. The van der Waals surface area contributed by atoms with E-state index >= 15 is 0 Å². The zero-order valence-corrected chi connectivity index (χ0v) is 12.8. The number of amides is 2. The molecule has 0 unspecified atom stereocenters. The first-order chi connectivity index (χ1) is 11.9. The van der Waals surface area contributed by atoms with Gasteiger partial charge in [0, 0.05) is 12.2 Å². The summed E-state index contributed by atoms with van der Waals surface area (Å²) >= 11 is 0. The molecule has 128 valence electrons. The smallest absolute Gasteiger partial charge is 0.254 e. The van der Waals surface area contributed by atoms with Gasteiger partial charge in [-0.1, -0.05) is 12.1 Å². The predicted octanol–water partition coefficient (Wildman–Crippen LogP) is 2.89. The van der Waals surface area contributed by atoms with Gasteiger partial charge in [-0.2, -0.15) is 5.26 Å². The van der Waals surface area contributed by atoms with E-state index in [9.17, 15) is 22.8 Å². The molecule has 25 heavy (non-hydrogen) atoms. The molecule has 2 rings (SSSR count). The first-order valence-corrected chi connectivity index (χ1v) is 7.10. The third kappa shape index (κ3) is 4.57. The molecule has 0 aliphatic carbocycles. The molecule has 0 atom stereocenters. The van der Waals surface area contributed by atoms with Gasteiger partial charge in [-0.3, -0.25) is 9.59 Å². The maximum Gasteiger partial charge on any atom is 0.254 e. The number of nitrogens with zero attached hydrogens (tertiary/aromatic N) is 1. The van der Waals surface area contributed by atoms with Crippen LogP contribution >= 0.6 is 0 Å².